The highest BCUT2D eigenvalue weighted by atomic mass is 35.5. The zero-order valence-corrected chi connectivity index (χ0v) is 16.6. The molecular weight excluding hydrogens is 362 g/mol. The van der Waals surface area contributed by atoms with Crippen molar-refractivity contribution in [2.24, 2.45) is 11.7 Å². The number of benzene rings is 1. The van der Waals surface area contributed by atoms with Gasteiger partial charge in [-0.1, -0.05) is 13.0 Å². The summed E-state index contributed by atoms with van der Waals surface area (Å²) in [6.45, 7) is 6.75. The molecule has 0 aromatic heterocycles. The first kappa shape index (κ1) is 21.9. The minimum Gasteiger partial charge on any atom is -0.334 e. The number of sulfonamides is 1. The molecule has 1 aromatic rings. The molecular formula is C17H28ClN3O3S. The van der Waals surface area contributed by atoms with Gasteiger partial charge < -0.3 is 10.6 Å². The molecule has 0 spiro atoms. The lowest BCUT2D eigenvalue weighted by molar-refractivity contribution is 0.0573. The van der Waals surface area contributed by atoms with Crippen LogP contribution in [0.4, 0.5) is 0 Å². The van der Waals surface area contributed by atoms with Gasteiger partial charge in [-0.3, -0.25) is 4.79 Å². The Bertz CT molecular complexity index is 694. The Kier molecular flexibility index (Phi) is 7.87. The second-order valence-corrected chi connectivity index (χ2v) is 8.54. The van der Waals surface area contributed by atoms with Crippen molar-refractivity contribution >= 4 is 28.3 Å². The van der Waals surface area contributed by atoms with Crippen LogP contribution in [0.3, 0.4) is 0 Å². The van der Waals surface area contributed by atoms with E-state index in [1.165, 1.54) is 12.1 Å². The second-order valence-electron chi connectivity index (χ2n) is 6.82. The molecule has 1 aromatic carbocycles. The third-order valence-electron chi connectivity index (χ3n) is 4.29. The lowest BCUT2D eigenvalue weighted by Gasteiger charge is -2.38. The third-order valence-corrected chi connectivity index (χ3v) is 5.95. The summed E-state index contributed by atoms with van der Waals surface area (Å²) in [6, 6.07) is 6.00. The lowest BCUT2D eigenvalue weighted by Crippen LogP contribution is -2.49. The quantitative estimate of drug-likeness (QED) is 0.805. The van der Waals surface area contributed by atoms with Crippen LogP contribution in [0.15, 0.2) is 29.2 Å². The van der Waals surface area contributed by atoms with Crippen LogP contribution >= 0.6 is 12.4 Å². The van der Waals surface area contributed by atoms with Crippen molar-refractivity contribution in [2.75, 3.05) is 13.1 Å². The molecule has 25 heavy (non-hydrogen) atoms. The molecule has 0 saturated carbocycles. The van der Waals surface area contributed by atoms with Gasteiger partial charge in [0.05, 0.1) is 4.90 Å². The lowest BCUT2D eigenvalue weighted by atomic mass is 9.92. The molecule has 0 bridgehead atoms. The fraction of sp³-hybridized carbons (Fsp3) is 0.588. The summed E-state index contributed by atoms with van der Waals surface area (Å²) in [5.41, 5.74) is 6.21. The van der Waals surface area contributed by atoms with Crippen molar-refractivity contribution in [3.63, 3.8) is 0 Å². The van der Waals surface area contributed by atoms with Crippen LogP contribution in [-0.2, 0) is 10.0 Å². The van der Waals surface area contributed by atoms with Crippen molar-refractivity contribution in [3.8, 4) is 0 Å². The molecule has 1 aliphatic heterocycles. The summed E-state index contributed by atoms with van der Waals surface area (Å²) in [5, 5.41) is 0. The van der Waals surface area contributed by atoms with E-state index < -0.39 is 10.0 Å². The zero-order chi connectivity index (χ0) is 17.9. The van der Waals surface area contributed by atoms with Crippen LogP contribution < -0.4 is 10.5 Å². The van der Waals surface area contributed by atoms with Gasteiger partial charge in [0.15, 0.2) is 0 Å². The van der Waals surface area contributed by atoms with Gasteiger partial charge in [-0.25, -0.2) is 13.1 Å². The molecule has 0 radical (unpaired) electrons. The van der Waals surface area contributed by atoms with E-state index in [0.29, 0.717) is 24.6 Å². The molecule has 2 unspecified atom stereocenters. The Hall–Kier alpha value is -1.15. The minimum atomic E-state index is -3.62. The second kappa shape index (κ2) is 8.98. The molecule has 0 aliphatic carbocycles. The van der Waals surface area contributed by atoms with Crippen molar-refractivity contribution in [2.45, 2.75) is 50.6 Å². The van der Waals surface area contributed by atoms with Crippen molar-refractivity contribution in [1.82, 2.24) is 9.62 Å². The van der Waals surface area contributed by atoms with E-state index in [4.69, 9.17) is 5.73 Å². The minimum absolute atomic E-state index is 0. The highest BCUT2D eigenvalue weighted by Gasteiger charge is 2.30. The topological polar surface area (TPSA) is 92.5 Å². The van der Waals surface area contributed by atoms with E-state index in [2.05, 4.69) is 11.6 Å². The van der Waals surface area contributed by atoms with Gasteiger partial charge in [-0.05, 0) is 50.8 Å². The fourth-order valence-electron chi connectivity index (χ4n) is 3.08. The molecule has 1 saturated heterocycles. The van der Waals surface area contributed by atoms with E-state index in [0.717, 1.165) is 12.8 Å². The smallest absolute Gasteiger partial charge is 0.254 e. The van der Waals surface area contributed by atoms with E-state index in [9.17, 15) is 13.2 Å². The van der Waals surface area contributed by atoms with E-state index >= 15 is 0 Å². The number of piperidine rings is 1. The van der Waals surface area contributed by atoms with Gasteiger partial charge >= 0.3 is 0 Å². The number of hydrogen-bond acceptors (Lipinski definition) is 4. The number of nitrogens with one attached hydrogen (secondary N) is 1. The number of carbonyl (C=O) groups excluding carboxylic acids is 1. The summed E-state index contributed by atoms with van der Waals surface area (Å²) < 4.78 is 27.1. The molecule has 1 heterocycles. The predicted molar refractivity (Wildman–Crippen MR) is 101 cm³/mol. The molecule has 1 fully saturated rings. The van der Waals surface area contributed by atoms with Crippen molar-refractivity contribution < 1.29 is 13.2 Å². The van der Waals surface area contributed by atoms with Gasteiger partial charge in [0, 0.05) is 30.7 Å². The molecule has 3 N–H and O–H groups in total. The number of carbonyl (C=O) groups is 1. The molecule has 2 rings (SSSR count). The Labute approximate surface area is 156 Å². The monoisotopic (exact) mass is 389 g/mol. The Balaban J connectivity index is 0.00000312. The average Bonchev–Trinajstić information content (AvgIpc) is 2.53. The number of hydrogen-bond donors (Lipinski definition) is 2. The number of nitrogens with zero attached hydrogens (tertiary/aromatic N) is 1. The Morgan fingerprint density at radius 2 is 2.08 bits per heavy atom. The Morgan fingerprint density at radius 1 is 1.40 bits per heavy atom. The summed E-state index contributed by atoms with van der Waals surface area (Å²) in [7, 11) is -3.62. The van der Waals surface area contributed by atoms with Crippen LogP contribution in [0.1, 0.15) is 44.0 Å². The first-order valence-electron chi connectivity index (χ1n) is 8.38. The van der Waals surface area contributed by atoms with Crippen molar-refractivity contribution in [3.05, 3.63) is 29.8 Å². The summed E-state index contributed by atoms with van der Waals surface area (Å²) in [4.78, 5) is 14.7. The third kappa shape index (κ3) is 5.41. The summed E-state index contributed by atoms with van der Waals surface area (Å²) >= 11 is 0. The van der Waals surface area contributed by atoms with Crippen LogP contribution in [0.5, 0.6) is 0 Å². The molecule has 6 nitrogen and oxygen atoms in total. The number of halogens is 1. The highest BCUT2D eigenvalue weighted by molar-refractivity contribution is 7.89. The molecule has 1 amide bonds. The van der Waals surface area contributed by atoms with Gasteiger partial charge in [-0.15, -0.1) is 12.4 Å². The van der Waals surface area contributed by atoms with Crippen LogP contribution in [0.2, 0.25) is 0 Å². The maximum Gasteiger partial charge on any atom is 0.254 e. The maximum absolute atomic E-state index is 12.8. The summed E-state index contributed by atoms with van der Waals surface area (Å²) in [6.07, 6.45) is 1.82. The standard InChI is InChI=1S/C17H27N3O3S.ClH/c1-12(2)19-24(22,23)16-6-4-5-14(10-16)17(21)20-8-7-13(3)9-15(20)11-18;/h4-6,10,12-13,15,19H,7-9,11,18H2,1-3H3;1H. The molecule has 2 atom stereocenters. The first-order chi connectivity index (χ1) is 11.2. The van der Waals surface area contributed by atoms with E-state index in [1.54, 1.807) is 30.9 Å². The van der Waals surface area contributed by atoms with Gasteiger partial charge in [0.2, 0.25) is 10.0 Å². The largest absolute Gasteiger partial charge is 0.334 e. The molecule has 1 aliphatic rings. The molecule has 8 heteroatoms. The SMILES string of the molecule is CC1CCN(C(=O)c2cccc(S(=O)(=O)NC(C)C)c2)C(CN)C1.Cl. The van der Waals surface area contributed by atoms with Crippen LogP contribution in [0, 0.1) is 5.92 Å². The average molecular weight is 390 g/mol. The van der Waals surface area contributed by atoms with Crippen LogP contribution in [-0.4, -0.2) is 44.4 Å². The fourth-order valence-corrected chi connectivity index (χ4v) is 4.38. The van der Waals surface area contributed by atoms with Crippen molar-refractivity contribution in [1.29, 1.82) is 0 Å². The van der Waals surface area contributed by atoms with E-state index in [1.807, 2.05) is 0 Å². The first-order valence-corrected chi connectivity index (χ1v) is 9.86. The normalized spacial score (nSPS) is 21.1. The Morgan fingerprint density at radius 3 is 2.68 bits per heavy atom. The van der Waals surface area contributed by atoms with E-state index in [-0.39, 0.29) is 35.3 Å². The number of nitrogens with two attached hydrogens (primary N) is 1. The van der Waals surface area contributed by atoms with Gasteiger partial charge in [0.25, 0.3) is 5.91 Å². The highest BCUT2D eigenvalue weighted by Crippen LogP contribution is 2.24. The summed E-state index contributed by atoms with van der Waals surface area (Å²) in [5.74, 6) is 0.392. The van der Waals surface area contributed by atoms with Gasteiger partial charge in [0.1, 0.15) is 0 Å². The predicted octanol–water partition coefficient (Wildman–Crippen LogP) is 1.99. The molecule has 142 valence electrons. The van der Waals surface area contributed by atoms with Gasteiger partial charge in [-0.2, -0.15) is 0 Å². The number of amides is 1. The zero-order valence-electron chi connectivity index (χ0n) is 14.9. The number of likely N-dealkylation sites (tertiary alicyclic amines) is 1. The van der Waals surface area contributed by atoms with Crippen LogP contribution in [0.25, 0.3) is 0 Å². The maximum atomic E-state index is 12.8. The number of rotatable bonds is 5.